The van der Waals surface area contributed by atoms with E-state index in [1.807, 2.05) is 60.7 Å². The van der Waals surface area contributed by atoms with E-state index in [4.69, 9.17) is 29.7 Å². The van der Waals surface area contributed by atoms with Gasteiger partial charge in [0.1, 0.15) is 17.3 Å². The van der Waals surface area contributed by atoms with Crippen molar-refractivity contribution in [2.24, 2.45) is 5.73 Å². The lowest BCUT2D eigenvalue weighted by atomic mass is 10.0. The van der Waals surface area contributed by atoms with Crippen molar-refractivity contribution in [1.29, 1.82) is 0 Å². The van der Waals surface area contributed by atoms with E-state index < -0.39 is 0 Å². The Hall–Kier alpha value is -5.74. The van der Waals surface area contributed by atoms with Crippen molar-refractivity contribution in [2.75, 3.05) is 53.7 Å². The molecular weight excluding hydrogens is 665 g/mol. The van der Waals surface area contributed by atoms with Crippen LogP contribution in [-0.4, -0.2) is 69.2 Å². The third kappa shape index (κ3) is 8.03. The summed E-state index contributed by atoms with van der Waals surface area (Å²) in [6.45, 7) is 3.23. The fraction of sp³-hybridized carbons (Fsp3) is 0.227. The van der Waals surface area contributed by atoms with Crippen LogP contribution in [0.25, 0.3) is 45.0 Å². The van der Waals surface area contributed by atoms with Crippen LogP contribution >= 0.6 is 0 Å². The van der Waals surface area contributed by atoms with E-state index in [0.717, 1.165) is 57.4 Å². The Balaban J connectivity index is 1.25. The molecule has 9 heteroatoms. The van der Waals surface area contributed by atoms with Crippen LogP contribution in [0.5, 0.6) is 11.5 Å². The highest BCUT2D eigenvalue weighted by Gasteiger charge is 2.25. The Morgan fingerprint density at radius 3 is 2.17 bits per heavy atom. The molecular formula is C44H44N4O5. The second-order valence-corrected chi connectivity index (χ2v) is 12.9. The molecule has 7 rings (SSSR count). The molecule has 0 radical (unpaired) electrons. The Bertz CT molecular complexity index is 2190. The summed E-state index contributed by atoms with van der Waals surface area (Å²) in [5.74, 6) is 2.19. The zero-order valence-electron chi connectivity index (χ0n) is 30.1. The number of imidazole rings is 1. The lowest BCUT2D eigenvalue weighted by molar-refractivity contribution is 0.0511. The maximum absolute atomic E-state index is 13.0. The van der Waals surface area contributed by atoms with E-state index in [2.05, 4.69) is 64.5 Å². The summed E-state index contributed by atoms with van der Waals surface area (Å²) >= 11 is 0. The van der Waals surface area contributed by atoms with Gasteiger partial charge >= 0.3 is 0 Å². The summed E-state index contributed by atoms with van der Waals surface area (Å²) in [6.07, 6.45) is 0.918. The number of ether oxygens (including phenoxy) is 4. The standard InChI is InChI=1S/C44H44N4O5/c1-50-37-10-5-8-34(26-37)41-42(35-9-6-11-38(27-35)51-2)48(43(47-41)36-18-17-33-25-32-7-3-4-12-39(32)40(33)28-36)29-30-13-15-31(16-14-30)44(49)46-20-22-53-24-23-52-21-19-45/h3-18,26-28H,19-25,29,45H2,1-2H3,(H,46,49). The second kappa shape index (κ2) is 16.7. The highest BCUT2D eigenvalue weighted by atomic mass is 16.5. The average molecular weight is 709 g/mol. The monoisotopic (exact) mass is 708 g/mol. The molecule has 53 heavy (non-hydrogen) atoms. The van der Waals surface area contributed by atoms with Gasteiger partial charge in [-0.3, -0.25) is 4.79 Å². The quantitative estimate of drug-likeness (QED) is 0.102. The van der Waals surface area contributed by atoms with Gasteiger partial charge in [-0.15, -0.1) is 0 Å². The Labute approximate surface area is 310 Å². The van der Waals surface area contributed by atoms with Crippen LogP contribution in [0, 0.1) is 0 Å². The zero-order chi connectivity index (χ0) is 36.6. The molecule has 1 aliphatic rings. The van der Waals surface area contributed by atoms with Gasteiger partial charge in [-0.1, -0.05) is 72.8 Å². The maximum atomic E-state index is 13.0. The Kier molecular flexibility index (Phi) is 11.3. The first-order valence-electron chi connectivity index (χ1n) is 17.9. The molecule has 270 valence electrons. The van der Waals surface area contributed by atoms with Gasteiger partial charge in [0.25, 0.3) is 5.91 Å². The van der Waals surface area contributed by atoms with Crippen molar-refractivity contribution < 1.29 is 23.7 Å². The highest BCUT2D eigenvalue weighted by molar-refractivity contribution is 5.94. The van der Waals surface area contributed by atoms with Gasteiger partial charge in [0.15, 0.2) is 0 Å². The minimum atomic E-state index is -0.154. The van der Waals surface area contributed by atoms with Gasteiger partial charge in [0.05, 0.1) is 52.0 Å². The molecule has 0 bridgehead atoms. The fourth-order valence-corrected chi connectivity index (χ4v) is 6.81. The molecule has 1 aromatic heterocycles. The predicted molar refractivity (Wildman–Crippen MR) is 208 cm³/mol. The average Bonchev–Trinajstić information content (AvgIpc) is 3.77. The molecule has 0 fully saturated rings. The molecule has 3 N–H and O–H groups in total. The summed E-state index contributed by atoms with van der Waals surface area (Å²) in [5.41, 5.74) is 16.9. The van der Waals surface area contributed by atoms with Crippen LogP contribution in [0.15, 0.2) is 115 Å². The number of methoxy groups -OCH3 is 2. The number of fused-ring (bicyclic) bond motifs is 3. The SMILES string of the molecule is COc1cccc(-c2nc(-c3ccc4c(c3)-c3ccccc3C4)n(Cc3ccc(C(=O)NCCOCCOCCN)cc3)c2-c2cccc(OC)c2)c1. The molecule has 0 saturated carbocycles. The smallest absolute Gasteiger partial charge is 0.251 e. The number of nitrogens with two attached hydrogens (primary N) is 1. The van der Waals surface area contributed by atoms with Crippen LogP contribution in [0.3, 0.4) is 0 Å². The zero-order valence-corrected chi connectivity index (χ0v) is 30.1. The maximum Gasteiger partial charge on any atom is 0.251 e. The molecule has 9 nitrogen and oxygen atoms in total. The molecule has 0 atom stereocenters. The lowest BCUT2D eigenvalue weighted by Gasteiger charge is -2.15. The van der Waals surface area contributed by atoms with Gasteiger partial charge in [0.2, 0.25) is 0 Å². The topological polar surface area (TPSA) is 110 Å². The van der Waals surface area contributed by atoms with Gasteiger partial charge in [0, 0.05) is 41.9 Å². The largest absolute Gasteiger partial charge is 0.497 e. The van der Waals surface area contributed by atoms with Crippen molar-refractivity contribution in [3.8, 4) is 56.5 Å². The molecule has 0 unspecified atom stereocenters. The molecule has 0 aliphatic heterocycles. The fourth-order valence-electron chi connectivity index (χ4n) is 6.81. The summed E-state index contributed by atoms with van der Waals surface area (Å²) in [7, 11) is 3.35. The second-order valence-electron chi connectivity index (χ2n) is 12.9. The van der Waals surface area contributed by atoms with E-state index >= 15 is 0 Å². The molecule has 0 saturated heterocycles. The molecule has 1 heterocycles. The molecule has 1 amide bonds. The van der Waals surface area contributed by atoms with Crippen molar-refractivity contribution in [2.45, 2.75) is 13.0 Å². The minimum absolute atomic E-state index is 0.154. The normalized spacial score (nSPS) is 11.6. The molecule has 6 aromatic rings. The van der Waals surface area contributed by atoms with Crippen molar-refractivity contribution in [1.82, 2.24) is 14.9 Å². The van der Waals surface area contributed by atoms with Gasteiger partial charge < -0.3 is 34.6 Å². The first kappa shape index (κ1) is 35.7. The highest BCUT2D eigenvalue weighted by Crippen LogP contribution is 2.42. The third-order valence-electron chi connectivity index (χ3n) is 9.43. The van der Waals surface area contributed by atoms with E-state index in [0.29, 0.717) is 51.6 Å². The summed E-state index contributed by atoms with van der Waals surface area (Å²) < 4.78 is 24.5. The predicted octanol–water partition coefficient (Wildman–Crippen LogP) is 7.24. The Morgan fingerprint density at radius 1 is 0.717 bits per heavy atom. The van der Waals surface area contributed by atoms with Crippen LogP contribution in [0.2, 0.25) is 0 Å². The van der Waals surface area contributed by atoms with Crippen molar-refractivity contribution in [3.63, 3.8) is 0 Å². The number of benzene rings is 5. The molecule has 0 spiro atoms. The number of carbonyl (C=O) groups is 1. The Morgan fingerprint density at radius 2 is 1.42 bits per heavy atom. The summed E-state index contributed by atoms with van der Waals surface area (Å²) in [4.78, 5) is 18.4. The summed E-state index contributed by atoms with van der Waals surface area (Å²) in [5, 5.41) is 2.94. The van der Waals surface area contributed by atoms with Crippen LogP contribution in [-0.2, 0) is 22.4 Å². The van der Waals surface area contributed by atoms with E-state index in [-0.39, 0.29) is 5.91 Å². The van der Waals surface area contributed by atoms with Gasteiger partial charge in [-0.05, 0) is 76.7 Å². The van der Waals surface area contributed by atoms with E-state index in [1.54, 1.807) is 14.2 Å². The number of hydrogen-bond acceptors (Lipinski definition) is 7. The first-order valence-corrected chi connectivity index (χ1v) is 17.9. The molecule has 5 aromatic carbocycles. The van der Waals surface area contributed by atoms with Crippen LogP contribution in [0.1, 0.15) is 27.0 Å². The number of carbonyl (C=O) groups excluding carboxylic acids is 1. The van der Waals surface area contributed by atoms with Gasteiger partial charge in [-0.2, -0.15) is 0 Å². The van der Waals surface area contributed by atoms with Crippen molar-refractivity contribution in [3.05, 3.63) is 138 Å². The number of amides is 1. The van der Waals surface area contributed by atoms with Crippen molar-refractivity contribution >= 4 is 5.91 Å². The van der Waals surface area contributed by atoms with E-state index in [1.165, 1.54) is 22.3 Å². The summed E-state index contributed by atoms with van der Waals surface area (Å²) in [6, 6.07) is 39.1. The number of nitrogens with zero attached hydrogens (tertiary/aromatic N) is 2. The number of rotatable bonds is 16. The van der Waals surface area contributed by atoms with Gasteiger partial charge in [-0.25, -0.2) is 4.98 Å². The third-order valence-corrected chi connectivity index (χ3v) is 9.43. The van der Waals surface area contributed by atoms with Crippen LogP contribution in [0.4, 0.5) is 0 Å². The number of hydrogen-bond donors (Lipinski definition) is 2. The number of nitrogens with one attached hydrogen (secondary N) is 1. The number of aromatic nitrogens is 2. The minimum Gasteiger partial charge on any atom is -0.497 e. The molecule has 1 aliphatic carbocycles. The lowest BCUT2D eigenvalue weighted by Crippen LogP contribution is -2.27. The van der Waals surface area contributed by atoms with Crippen LogP contribution < -0.4 is 20.5 Å². The van der Waals surface area contributed by atoms with E-state index in [9.17, 15) is 4.79 Å². The first-order chi connectivity index (χ1) is 26.1.